The Labute approximate surface area is 139 Å². The second-order valence-corrected chi connectivity index (χ2v) is 7.06. The van der Waals surface area contributed by atoms with Crippen molar-refractivity contribution in [2.45, 2.75) is 50.6 Å². The minimum absolute atomic E-state index is 0.00879. The van der Waals surface area contributed by atoms with E-state index in [4.69, 9.17) is 4.42 Å². The maximum atomic E-state index is 12.7. The highest BCUT2D eigenvalue weighted by molar-refractivity contribution is 6.04. The number of hydrogen-bond acceptors (Lipinski definition) is 4. The Morgan fingerprint density at radius 1 is 1.33 bits per heavy atom. The summed E-state index contributed by atoms with van der Waals surface area (Å²) in [5, 5.41) is 4.72. The molecule has 4 rings (SSSR count). The van der Waals surface area contributed by atoms with Gasteiger partial charge >= 0.3 is 6.03 Å². The van der Waals surface area contributed by atoms with Gasteiger partial charge in [0.2, 0.25) is 5.91 Å². The van der Waals surface area contributed by atoms with Crippen molar-refractivity contribution in [3.8, 4) is 0 Å². The molecule has 1 aromatic heterocycles. The van der Waals surface area contributed by atoms with Crippen molar-refractivity contribution in [2.75, 3.05) is 6.54 Å². The lowest BCUT2D eigenvalue weighted by atomic mass is 9.69. The van der Waals surface area contributed by atoms with Crippen LogP contribution in [0.2, 0.25) is 0 Å². The number of carbonyl (C=O) groups excluding carboxylic acids is 3. The average molecular weight is 331 g/mol. The van der Waals surface area contributed by atoms with E-state index in [0.717, 1.165) is 25.1 Å². The van der Waals surface area contributed by atoms with Gasteiger partial charge in [-0.15, -0.1) is 0 Å². The van der Waals surface area contributed by atoms with Crippen LogP contribution in [0.4, 0.5) is 4.79 Å². The number of urea groups is 1. The van der Waals surface area contributed by atoms with E-state index in [-0.39, 0.29) is 29.7 Å². The van der Waals surface area contributed by atoms with Crippen LogP contribution in [0.25, 0.3) is 0 Å². The van der Waals surface area contributed by atoms with Crippen molar-refractivity contribution in [1.29, 1.82) is 0 Å². The Balaban J connectivity index is 1.42. The molecule has 24 heavy (non-hydrogen) atoms. The fourth-order valence-electron chi connectivity index (χ4n) is 4.45. The van der Waals surface area contributed by atoms with Gasteiger partial charge in [-0.05, 0) is 31.4 Å². The normalized spacial score (nSPS) is 27.9. The number of carbonyl (C=O) groups is 3. The van der Waals surface area contributed by atoms with Gasteiger partial charge in [-0.25, -0.2) is 4.79 Å². The molecule has 0 radical (unpaired) electrons. The number of nitrogens with one attached hydrogen (secondary N) is 2. The first-order valence-corrected chi connectivity index (χ1v) is 8.53. The van der Waals surface area contributed by atoms with Crippen LogP contribution in [0.1, 0.15) is 50.3 Å². The first-order chi connectivity index (χ1) is 11.6. The van der Waals surface area contributed by atoms with Crippen LogP contribution in [0.15, 0.2) is 22.8 Å². The molecule has 2 saturated heterocycles. The molecule has 2 N–H and O–H groups in total. The highest BCUT2D eigenvalue weighted by Gasteiger charge is 2.56. The summed E-state index contributed by atoms with van der Waals surface area (Å²) in [7, 11) is 0. The predicted octanol–water partition coefficient (Wildman–Crippen LogP) is 1.71. The Morgan fingerprint density at radius 2 is 2.12 bits per heavy atom. The standard InChI is InChI=1S/C17H21N3O4/c21-13(6-5-11-15(22)19-16(23)18-11)20-10-17(7-1-2-8-17)14(20)12-4-3-9-24-12/h3-4,9,11,14H,1-2,5-8,10H2,(H2,18,19,22,23). The predicted molar refractivity (Wildman–Crippen MR) is 83.8 cm³/mol. The molecule has 2 atom stereocenters. The maximum Gasteiger partial charge on any atom is 0.322 e. The molecule has 2 aliphatic heterocycles. The zero-order chi connectivity index (χ0) is 16.7. The molecule has 3 aliphatic rings. The van der Waals surface area contributed by atoms with Crippen LogP contribution in [0.5, 0.6) is 0 Å². The highest BCUT2D eigenvalue weighted by Crippen LogP contribution is 2.58. The van der Waals surface area contributed by atoms with Crippen molar-refractivity contribution in [3.05, 3.63) is 24.2 Å². The van der Waals surface area contributed by atoms with E-state index in [1.54, 1.807) is 6.26 Å². The summed E-state index contributed by atoms with van der Waals surface area (Å²) in [6.07, 6.45) is 6.88. The summed E-state index contributed by atoms with van der Waals surface area (Å²) in [6.45, 7) is 0.764. The fraction of sp³-hybridized carbons (Fsp3) is 0.588. The van der Waals surface area contributed by atoms with Crippen molar-refractivity contribution < 1.29 is 18.8 Å². The van der Waals surface area contributed by atoms with Gasteiger partial charge in [0.15, 0.2) is 0 Å². The lowest BCUT2D eigenvalue weighted by molar-refractivity contribution is -0.157. The van der Waals surface area contributed by atoms with Crippen molar-refractivity contribution >= 4 is 17.8 Å². The second kappa shape index (κ2) is 5.65. The molecule has 4 amide bonds. The number of nitrogens with zero attached hydrogens (tertiary/aromatic N) is 1. The van der Waals surface area contributed by atoms with Gasteiger partial charge in [0, 0.05) is 18.4 Å². The number of likely N-dealkylation sites (tertiary alicyclic amines) is 1. The Bertz CT molecular complexity index is 663. The third kappa shape index (κ3) is 2.39. The number of furan rings is 1. The van der Waals surface area contributed by atoms with Crippen molar-refractivity contribution in [1.82, 2.24) is 15.5 Å². The maximum absolute atomic E-state index is 12.7. The molecule has 1 saturated carbocycles. The minimum Gasteiger partial charge on any atom is -0.467 e. The van der Waals surface area contributed by atoms with E-state index >= 15 is 0 Å². The molecule has 1 spiro atoms. The molecule has 7 nitrogen and oxygen atoms in total. The molecule has 1 aliphatic carbocycles. The van der Waals surface area contributed by atoms with Crippen molar-refractivity contribution in [3.63, 3.8) is 0 Å². The van der Waals surface area contributed by atoms with Crippen LogP contribution in [-0.2, 0) is 9.59 Å². The van der Waals surface area contributed by atoms with E-state index < -0.39 is 12.1 Å². The lowest BCUT2D eigenvalue weighted by Crippen LogP contribution is -2.59. The van der Waals surface area contributed by atoms with Gasteiger partial charge in [0.05, 0.1) is 12.3 Å². The fourth-order valence-corrected chi connectivity index (χ4v) is 4.45. The molecule has 1 aromatic rings. The smallest absolute Gasteiger partial charge is 0.322 e. The van der Waals surface area contributed by atoms with E-state index in [1.807, 2.05) is 17.0 Å². The van der Waals surface area contributed by atoms with E-state index in [9.17, 15) is 14.4 Å². The molecule has 128 valence electrons. The van der Waals surface area contributed by atoms with E-state index in [0.29, 0.717) is 6.42 Å². The molecular weight excluding hydrogens is 310 g/mol. The van der Waals surface area contributed by atoms with Gasteiger partial charge < -0.3 is 14.6 Å². The highest BCUT2D eigenvalue weighted by atomic mass is 16.3. The Hall–Kier alpha value is -2.31. The summed E-state index contributed by atoms with van der Waals surface area (Å²) < 4.78 is 5.60. The molecule has 3 fully saturated rings. The Morgan fingerprint density at radius 3 is 2.75 bits per heavy atom. The number of amides is 4. The summed E-state index contributed by atoms with van der Waals surface area (Å²) in [5.41, 5.74) is 0.159. The lowest BCUT2D eigenvalue weighted by Gasteiger charge is -2.55. The molecule has 3 heterocycles. The van der Waals surface area contributed by atoms with E-state index in [1.165, 1.54) is 12.8 Å². The van der Waals surface area contributed by atoms with Crippen LogP contribution < -0.4 is 10.6 Å². The number of rotatable bonds is 4. The van der Waals surface area contributed by atoms with Crippen LogP contribution in [0, 0.1) is 5.41 Å². The summed E-state index contributed by atoms with van der Waals surface area (Å²) in [5.74, 6) is 0.512. The summed E-state index contributed by atoms with van der Waals surface area (Å²) in [6, 6.07) is 2.71. The molecule has 2 unspecified atom stereocenters. The monoisotopic (exact) mass is 331 g/mol. The van der Waals surface area contributed by atoms with Gasteiger partial charge in [0.1, 0.15) is 11.8 Å². The van der Waals surface area contributed by atoms with E-state index in [2.05, 4.69) is 10.6 Å². The summed E-state index contributed by atoms with van der Waals surface area (Å²) >= 11 is 0. The second-order valence-electron chi connectivity index (χ2n) is 7.06. The van der Waals surface area contributed by atoms with Gasteiger partial charge in [0.25, 0.3) is 5.91 Å². The number of hydrogen-bond donors (Lipinski definition) is 2. The first kappa shape index (κ1) is 15.2. The van der Waals surface area contributed by atoms with Crippen LogP contribution in [0.3, 0.4) is 0 Å². The molecule has 7 heteroatoms. The minimum atomic E-state index is -0.606. The average Bonchev–Trinajstić information content (AvgIpc) is 3.25. The molecule has 0 aromatic carbocycles. The first-order valence-electron chi connectivity index (χ1n) is 8.53. The zero-order valence-corrected chi connectivity index (χ0v) is 13.4. The van der Waals surface area contributed by atoms with Gasteiger partial charge in [-0.1, -0.05) is 12.8 Å². The van der Waals surface area contributed by atoms with Gasteiger partial charge in [-0.2, -0.15) is 0 Å². The summed E-state index contributed by atoms with van der Waals surface area (Å²) in [4.78, 5) is 37.2. The topological polar surface area (TPSA) is 91.7 Å². The zero-order valence-electron chi connectivity index (χ0n) is 13.4. The number of imide groups is 1. The van der Waals surface area contributed by atoms with Crippen LogP contribution >= 0.6 is 0 Å². The van der Waals surface area contributed by atoms with Crippen LogP contribution in [-0.4, -0.2) is 35.3 Å². The Kier molecular flexibility index (Phi) is 3.58. The third-order valence-electron chi connectivity index (χ3n) is 5.61. The third-order valence-corrected chi connectivity index (χ3v) is 5.61. The van der Waals surface area contributed by atoms with Crippen molar-refractivity contribution in [2.24, 2.45) is 5.41 Å². The SMILES string of the molecule is O=C1NC(=O)C(CCC(=O)N2CC3(CCCC3)C2c2ccco2)N1. The molecular formula is C17H21N3O4. The van der Waals surface area contributed by atoms with Gasteiger partial charge in [-0.3, -0.25) is 14.9 Å². The quantitative estimate of drug-likeness (QED) is 0.822. The molecule has 0 bridgehead atoms. The largest absolute Gasteiger partial charge is 0.467 e.